The molecular weight excluding hydrogens is 178 g/mol. The molecule has 0 bridgehead atoms. The average molecular weight is 185 g/mol. The number of hydrogen-bond acceptors (Lipinski definition) is 4. The Kier molecular flexibility index (Phi) is 1.88. The van der Waals surface area contributed by atoms with E-state index in [2.05, 4.69) is 9.97 Å². The number of rotatable bonds is 1. The monoisotopic (exact) mass is 185 g/mol. The summed E-state index contributed by atoms with van der Waals surface area (Å²) >= 11 is 0. The van der Waals surface area contributed by atoms with Gasteiger partial charge >= 0.3 is 0 Å². The third kappa shape index (κ3) is 1.29. The van der Waals surface area contributed by atoms with Gasteiger partial charge in [0.1, 0.15) is 12.4 Å². The van der Waals surface area contributed by atoms with Crippen LogP contribution in [-0.4, -0.2) is 14.5 Å². The minimum Gasteiger partial charge on any atom is -0.397 e. The Morgan fingerprint density at radius 3 is 3.00 bits per heavy atom. The number of nitrogen functional groups attached to an aromatic ring is 1. The van der Waals surface area contributed by atoms with Crippen LogP contribution in [0, 0.1) is 11.3 Å². The average Bonchev–Trinajstić information content (AvgIpc) is 2.70. The van der Waals surface area contributed by atoms with Crippen LogP contribution in [-0.2, 0) is 0 Å². The van der Waals surface area contributed by atoms with Crippen LogP contribution in [0.25, 0.3) is 5.82 Å². The third-order valence-corrected chi connectivity index (χ3v) is 1.76. The quantitative estimate of drug-likeness (QED) is 0.709. The van der Waals surface area contributed by atoms with Crippen LogP contribution in [0.3, 0.4) is 0 Å². The molecule has 0 aliphatic heterocycles. The zero-order chi connectivity index (χ0) is 9.97. The van der Waals surface area contributed by atoms with Gasteiger partial charge < -0.3 is 5.73 Å². The van der Waals surface area contributed by atoms with Crippen LogP contribution < -0.4 is 5.73 Å². The van der Waals surface area contributed by atoms with Crippen LogP contribution in [0.15, 0.2) is 31.0 Å². The Labute approximate surface area is 80.4 Å². The molecule has 0 atom stereocenters. The zero-order valence-electron chi connectivity index (χ0n) is 7.25. The first-order valence-electron chi connectivity index (χ1n) is 3.95. The number of imidazole rings is 1. The highest BCUT2D eigenvalue weighted by atomic mass is 15.1. The van der Waals surface area contributed by atoms with E-state index in [0.717, 1.165) is 0 Å². The predicted octanol–water partition coefficient (Wildman–Crippen LogP) is 0.721. The van der Waals surface area contributed by atoms with Crippen molar-refractivity contribution in [3.63, 3.8) is 0 Å². The molecule has 14 heavy (non-hydrogen) atoms. The molecule has 0 unspecified atom stereocenters. The summed E-state index contributed by atoms with van der Waals surface area (Å²) in [6.45, 7) is 0. The summed E-state index contributed by atoms with van der Waals surface area (Å²) in [5.74, 6) is 0.541. The lowest BCUT2D eigenvalue weighted by atomic mass is 10.2. The highest BCUT2D eigenvalue weighted by Crippen LogP contribution is 2.12. The van der Waals surface area contributed by atoms with E-state index in [1.807, 2.05) is 6.07 Å². The molecule has 0 radical (unpaired) electrons. The fourth-order valence-corrected chi connectivity index (χ4v) is 1.15. The van der Waals surface area contributed by atoms with E-state index in [1.54, 1.807) is 29.4 Å². The zero-order valence-corrected chi connectivity index (χ0v) is 7.25. The summed E-state index contributed by atoms with van der Waals surface area (Å²) in [5.41, 5.74) is 6.43. The minimum absolute atomic E-state index is 0.433. The number of pyridine rings is 1. The van der Waals surface area contributed by atoms with Gasteiger partial charge in [-0.3, -0.25) is 4.57 Å². The van der Waals surface area contributed by atoms with Crippen molar-refractivity contribution in [2.45, 2.75) is 0 Å². The lowest BCUT2D eigenvalue weighted by Crippen LogP contribution is -1.99. The van der Waals surface area contributed by atoms with Gasteiger partial charge in [0.05, 0.1) is 17.4 Å². The molecule has 0 saturated heterocycles. The molecule has 68 valence electrons. The van der Waals surface area contributed by atoms with Crippen molar-refractivity contribution >= 4 is 5.69 Å². The maximum absolute atomic E-state index is 8.86. The van der Waals surface area contributed by atoms with Crippen molar-refractivity contribution in [1.29, 1.82) is 5.26 Å². The van der Waals surface area contributed by atoms with Gasteiger partial charge in [0, 0.05) is 12.4 Å². The maximum Gasteiger partial charge on any atom is 0.155 e. The number of hydrogen-bond donors (Lipinski definition) is 1. The fourth-order valence-electron chi connectivity index (χ4n) is 1.15. The smallest absolute Gasteiger partial charge is 0.155 e. The van der Waals surface area contributed by atoms with E-state index in [9.17, 15) is 0 Å². The lowest BCUT2D eigenvalue weighted by Gasteiger charge is -2.03. The SMILES string of the molecule is N#Cc1cc(N)cnc1-n1ccnc1. The van der Waals surface area contributed by atoms with Crippen LogP contribution in [0.4, 0.5) is 5.69 Å². The van der Waals surface area contributed by atoms with Gasteiger partial charge in [-0.1, -0.05) is 0 Å². The second-order valence-corrected chi connectivity index (χ2v) is 2.72. The number of nitrogens with two attached hydrogens (primary N) is 1. The highest BCUT2D eigenvalue weighted by Gasteiger charge is 2.05. The van der Waals surface area contributed by atoms with Gasteiger partial charge in [0.2, 0.25) is 0 Å². The number of nitrogens with zero attached hydrogens (tertiary/aromatic N) is 4. The number of nitriles is 1. The molecule has 0 aromatic carbocycles. The van der Waals surface area contributed by atoms with Gasteiger partial charge in [0.25, 0.3) is 0 Å². The Morgan fingerprint density at radius 2 is 2.36 bits per heavy atom. The van der Waals surface area contributed by atoms with E-state index in [4.69, 9.17) is 11.0 Å². The van der Waals surface area contributed by atoms with Gasteiger partial charge in [-0.15, -0.1) is 0 Å². The molecule has 5 nitrogen and oxygen atoms in total. The predicted molar refractivity (Wildman–Crippen MR) is 50.5 cm³/mol. The minimum atomic E-state index is 0.433. The summed E-state index contributed by atoms with van der Waals surface area (Å²) in [4.78, 5) is 7.95. The van der Waals surface area contributed by atoms with Gasteiger partial charge in [-0.25, -0.2) is 9.97 Å². The molecular formula is C9H7N5. The second kappa shape index (κ2) is 3.18. The van der Waals surface area contributed by atoms with E-state index in [0.29, 0.717) is 17.1 Å². The summed E-state index contributed by atoms with van der Waals surface area (Å²) in [6, 6.07) is 3.62. The normalized spacial score (nSPS) is 9.64. The molecule has 2 rings (SSSR count). The van der Waals surface area contributed by atoms with Crippen LogP contribution in [0.2, 0.25) is 0 Å². The molecule has 0 aliphatic rings. The number of aromatic nitrogens is 3. The van der Waals surface area contributed by atoms with Crippen molar-refractivity contribution in [3.05, 3.63) is 36.5 Å². The maximum atomic E-state index is 8.86. The van der Waals surface area contributed by atoms with Crippen LogP contribution in [0.1, 0.15) is 5.56 Å². The molecule has 0 fully saturated rings. The van der Waals surface area contributed by atoms with Crippen molar-refractivity contribution in [2.75, 3.05) is 5.73 Å². The molecule has 2 heterocycles. The van der Waals surface area contributed by atoms with Crippen molar-refractivity contribution in [3.8, 4) is 11.9 Å². The Morgan fingerprint density at radius 1 is 1.50 bits per heavy atom. The first-order valence-corrected chi connectivity index (χ1v) is 3.95. The summed E-state index contributed by atoms with van der Waals surface area (Å²) in [7, 11) is 0. The largest absolute Gasteiger partial charge is 0.397 e. The molecule has 2 aromatic heterocycles. The first-order chi connectivity index (χ1) is 6.81. The van der Waals surface area contributed by atoms with Gasteiger partial charge in [0.15, 0.2) is 5.82 Å². The Hall–Kier alpha value is -2.35. The first kappa shape index (κ1) is 8.26. The molecule has 2 N–H and O–H groups in total. The van der Waals surface area contributed by atoms with Crippen LogP contribution in [0.5, 0.6) is 0 Å². The highest BCUT2D eigenvalue weighted by molar-refractivity contribution is 5.51. The standard InChI is InChI=1S/C9H7N5/c10-4-7-3-8(11)5-13-9(7)14-2-1-12-6-14/h1-3,5-6H,11H2. The molecule has 0 spiro atoms. The molecule has 0 aliphatic carbocycles. The third-order valence-electron chi connectivity index (χ3n) is 1.76. The van der Waals surface area contributed by atoms with Crippen molar-refractivity contribution < 1.29 is 0 Å². The summed E-state index contributed by atoms with van der Waals surface area (Å²) in [5, 5.41) is 8.86. The van der Waals surface area contributed by atoms with Crippen molar-refractivity contribution in [2.24, 2.45) is 0 Å². The second-order valence-electron chi connectivity index (χ2n) is 2.72. The fraction of sp³-hybridized carbons (Fsp3) is 0. The lowest BCUT2D eigenvalue weighted by molar-refractivity contribution is 0.987. The van der Waals surface area contributed by atoms with Crippen molar-refractivity contribution in [1.82, 2.24) is 14.5 Å². The van der Waals surface area contributed by atoms with Crippen LogP contribution >= 0.6 is 0 Å². The summed E-state index contributed by atoms with van der Waals surface area (Å²) < 4.78 is 1.66. The van der Waals surface area contributed by atoms with E-state index < -0.39 is 0 Å². The molecule has 2 aromatic rings. The van der Waals surface area contributed by atoms with Gasteiger partial charge in [-0.2, -0.15) is 5.26 Å². The molecule has 0 amide bonds. The molecule has 0 saturated carbocycles. The Bertz CT molecular complexity index is 480. The van der Waals surface area contributed by atoms with E-state index in [1.165, 1.54) is 6.20 Å². The van der Waals surface area contributed by atoms with Gasteiger partial charge in [-0.05, 0) is 6.07 Å². The Balaban J connectivity index is 2.60. The molecule has 5 heteroatoms. The summed E-state index contributed by atoms with van der Waals surface area (Å²) in [6.07, 6.45) is 6.44. The number of anilines is 1. The van der Waals surface area contributed by atoms with E-state index >= 15 is 0 Å². The topological polar surface area (TPSA) is 80.5 Å². The van der Waals surface area contributed by atoms with E-state index in [-0.39, 0.29) is 0 Å².